The first kappa shape index (κ1) is 20.6. The average Bonchev–Trinajstić information content (AvgIpc) is 2.81. The Morgan fingerprint density at radius 2 is 1.38 bits per heavy atom. The molecule has 0 aromatic heterocycles. The summed E-state index contributed by atoms with van der Waals surface area (Å²) < 4.78 is 6.20. The lowest BCUT2D eigenvalue weighted by molar-refractivity contribution is 0.0122. The summed E-state index contributed by atoms with van der Waals surface area (Å²) in [5, 5.41) is 0. The maximum absolute atomic E-state index is 6.20. The number of hydrogen-bond acceptors (Lipinski definition) is 3. The van der Waals surface area contributed by atoms with Gasteiger partial charge in [0.25, 0.3) is 0 Å². The van der Waals surface area contributed by atoms with Gasteiger partial charge in [0.1, 0.15) is 0 Å². The fourth-order valence-corrected chi connectivity index (χ4v) is 4.98. The molecule has 1 aliphatic heterocycles. The van der Waals surface area contributed by atoms with Gasteiger partial charge in [-0.25, -0.2) is 0 Å². The minimum absolute atomic E-state index is 0.453. The quantitative estimate of drug-likeness (QED) is 0.644. The average molecular weight is 393 g/mol. The first-order chi connectivity index (χ1) is 14.4. The molecule has 4 rings (SSSR count). The van der Waals surface area contributed by atoms with E-state index in [2.05, 4.69) is 70.5 Å². The van der Waals surface area contributed by atoms with Gasteiger partial charge in [-0.05, 0) is 30.4 Å². The largest absolute Gasteiger partial charge is 0.375 e. The lowest BCUT2D eigenvalue weighted by Crippen LogP contribution is -2.54. The third kappa shape index (κ3) is 6.15. The normalized spacial score (nSPS) is 20.6. The first-order valence-electron chi connectivity index (χ1n) is 11.5. The predicted molar refractivity (Wildman–Crippen MR) is 120 cm³/mol. The summed E-state index contributed by atoms with van der Waals surface area (Å²) in [5.41, 5.74) is 2.67. The van der Waals surface area contributed by atoms with Crippen LogP contribution in [0.1, 0.15) is 43.2 Å². The minimum Gasteiger partial charge on any atom is -0.375 e. The van der Waals surface area contributed by atoms with Gasteiger partial charge in [0.2, 0.25) is 0 Å². The summed E-state index contributed by atoms with van der Waals surface area (Å²) in [7, 11) is 0. The van der Waals surface area contributed by atoms with E-state index >= 15 is 0 Å². The molecule has 1 saturated heterocycles. The van der Waals surface area contributed by atoms with Crippen molar-refractivity contribution in [3.05, 3.63) is 71.8 Å². The Morgan fingerprint density at radius 1 is 0.759 bits per heavy atom. The van der Waals surface area contributed by atoms with Crippen LogP contribution in [0.3, 0.4) is 0 Å². The number of piperazine rings is 1. The molecule has 3 heteroatoms. The third-order valence-electron chi connectivity index (χ3n) is 6.69. The van der Waals surface area contributed by atoms with Crippen molar-refractivity contribution in [2.75, 3.05) is 32.8 Å². The van der Waals surface area contributed by atoms with Crippen molar-refractivity contribution in [3.8, 4) is 0 Å². The van der Waals surface area contributed by atoms with Crippen molar-refractivity contribution < 1.29 is 4.74 Å². The molecular formula is C26H36N2O. The molecule has 0 radical (unpaired) electrons. The van der Waals surface area contributed by atoms with E-state index in [0.29, 0.717) is 12.6 Å². The van der Waals surface area contributed by atoms with Crippen molar-refractivity contribution in [1.29, 1.82) is 0 Å². The van der Waals surface area contributed by atoms with E-state index in [4.69, 9.17) is 4.74 Å². The Hall–Kier alpha value is -1.68. The molecule has 156 valence electrons. The van der Waals surface area contributed by atoms with Gasteiger partial charge >= 0.3 is 0 Å². The summed E-state index contributed by atoms with van der Waals surface area (Å²) in [4.78, 5) is 5.44. The maximum atomic E-state index is 6.20. The van der Waals surface area contributed by atoms with E-state index in [-0.39, 0.29) is 0 Å². The Bertz CT molecular complexity index is 691. The zero-order chi connectivity index (χ0) is 19.7. The van der Waals surface area contributed by atoms with Gasteiger partial charge in [-0.3, -0.25) is 9.80 Å². The molecule has 3 nitrogen and oxygen atoms in total. The monoisotopic (exact) mass is 392 g/mol. The van der Waals surface area contributed by atoms with E-state index in [9.17, 15) is 0 Å². The SMILES string of the molecule is c1ccc(COC[C@@H](Cc2ccccc2)N2CCN(C3CCCCC3)CC2)cc1. The number of hydrogen-bond donors (Lipinski definition) is 0. The second-order valence-electron chi connectivity index (χ2n) is 8.71. The van der Waals surface area contributed by atoms with Crippen LogP contribution in [-0.4, -0.2) is 54.7 Å². The second kappa shape index (κ2) is 10.9. The first-order valence-corrected chi connectivity index (χ1v) is 11.5. The second-order valence-corrected chi connectivity index (χ2v) is 8.71. The molecule has 1 saturated carbocycles. The van der Waals surface area contributed by atoms with Crippen LogP contribution in [0, 0.1) is 0 Å². The third-order valence-corrected chi connectivity index (χ3v) is 6.69. The molecule has 0 amide bonds. The van der Waals surface area contributed by atoms with Gasteiger partial charge in [-0.15, -0.1) is 0 Å². The summed E-state index contributed by atoms with van der Waals surface area (Å²) in [5.74, 6) is 0. The van der Waals surface area contributed by atoms with Crippen LogP contribution >= 0.6 is 0 Å². The molecule has 29 heavy (non-hydrogen) atoms. The number of benzene rings is 2. The Morgan fingerprint density at radius 3 is 2.03 bits per heavy atom. The molecule has 2 fully saturated rings. The molecule has 1 heterocycles. The molecule has 0 unspecified atom stereocenters. The molecule has 0 spiro atoms. The highest BCUT2D eigenvalue weighted by Crippen LogP contribution is 2.24. The van der Waals surface area contributed by atoms with Crippen LogP contribution in [0.2, 0.25) is 0 Å². The van der Waals surface area contributed by atoms with Crippen molar-refractivity contribution in [3.63, 3.8) is 0 Å². The van der Waals surface area contributed by atoms with Crippen LogP contribution in [0.15, 0.2) is 60.7 Å². The van der Waals surface area contributed by atoms with Gasteiger partial charge < -0.3 is 4.74 Å². The lowest BCUT2D eigenvalue weighted by Gasteiger charge is -2.43. The van der Waals surface area contributed by atoms with Crippen molar-refractivity contribution in [1.82, 2.24) is 9.80 Å². The maximum Gasteiger partial charge on any atom is 0.0717 e. The van der Waals surface area contributed by atoms with Gasteiger partial charge in [0, 0.05) is 38.3 Å². The fraction of sp³-hybridized carbons (Fsp3) is 0.538. The summed E-state index contributed by atoms with van der Waals surface area (Å²) in [6.45, 7) is 6.27. The molecular weight excluding hydrogens is 356 g/mol. The van der Waals surface area contributed by atoms with Gasteiger partial charge in [0.15, 0.2) is 0 Å². The Balaban J connectivity index is 1.33. The van der Waals surface area contributed by atoms with Crippen molar-refractivity contribution >= 4 is 0 Å². The molecule has 2 aromatic carbocycles. The van der Waals surface area contributed by atoms with Crippen molar-refractivity contribution in [2.45, 2.75) is 57.2 Å². The lowest BCUT2D eigenvalue weighted by atomic mass is 9.93. The molecule has 2 aliphatic rings. The summed E-state index contributed by atoms with van der Waals surface area (Å²) in [6, 6.07) is 22.7. The minimum atomic E-state index is 0.453. The highest BCUT2D eigenvalue weighted by Gasteiger charge is 2.28. The summed E-state index contributed by atoms with van der Waals surface area (Å²) >= 11 is 0. The van der Waals surface area contributed by atoms with Gasteiger partial charge in [-0.1, -0.05) is 79.9 Å². The standard InChI is InChI=1S/C26H36N2O/c1-4-10-23(11-5-1)20-26(22-29-21-24-12-6-2-7-13-24)28-18-16-27(17-19-28)25-14-8-3-9-15-25/h1-2,4-7,10-13,25-26H,3,8-9,14-22H2/t26-/m1/s1. The van der Waals surface area contributed by atoms with Crippen LogP contribution in [0.4, 0.5) is 0 Å². The molecule has 0 N–H and O–H groups in total. The van der Waals surface area contributed by atoms with E-state index < -0.39 is 0 Å². The van der Waals surface area contributed by atoms with E-state index in [1.807, 2.05) is 0 Å². The predicted octanol–water partition coefficient (Wildman–Crippen LogP) is 4.76. The Kier molecular flexibility index (Phi) is 7.75. The zero-order valence-corrected chi connectivity index (χ0v) is 17.7. The molecule has 0 bridgehead atoms. The van der Waals surface area contributed by atoms with Gasteiger partial charge in [0.05, 0.1) is 13.2 Å². The topological polar surface area (TPSA) is 15.7 Å². The van der Waals surface area contributed by atoms with E-state index in [1.54, 1.807) is 0 Å². The Labute approximate surface area is 176 Å². The van der Waals surface area contributed by atoms with Crippen LogP contribution in [-0.2, 0) is 17.8 Å². The van der Waals surface area contributed by atoms with Gasteiger partial charge in [-0.2, -0.15) is 0 Å². The van der Waals surface area contributed by atoms with E-state index in [0.717, 1.165) is 19.1 Å². The molecule has 1 atom stereocenters. The summed E-state index contributed by atoms with van der Waals surface area (Å²) in [6.07, 6.45) is 8.18. The number of nitrogens with zero attached hydrogens (tertiary/aromatic N) is 2. The van der Waals surface area contributed by atoms with Crippen LogP contribution in [0.5, 0.6) is 0 Å². The van der Waals surface area contributed by atoms with E-state index in [1.165, 1.54) is 69.4 Å². The van der Waals surface area contributed by atoms with Crippen molar-refractivity contribution in [2.24, 2.45) is 0 Å². The molecule has 2 aromatic rings. The number of rotatable bonds is 8. The van der Waals surface area contributed by atoms with Crippen LogP contribution in [0.25, 0.3) is 0 Å². The zero-order valence-electron chi connectivity index (χ0n) is 17.7. The fourth-order valence-electron chi connectivity index (χ4n) is 4.98. The number of ether oxygens (including phenoxy) is 1. The highest BCUT2D eigenvalue weighted by molar-refractivity contribution is 5.16. The smallest absolute Gasteiger partial charge is 0.0717 e. The van der Waals surface area contributed by atoms with Crippen LogP contribution < -0.4 is 0 Å². The molecule has 1 aliphatic carbocycles. The highest BCUT2D eigenvalue weighted by atomic mass is 16.5.